The first-order valence-corrected chi connectivity index (χ1v) is 7.23. The lowest BCUT2D eigenvalue weighted by Crippen LogP contribution is -2.63. The molecule has 0 aromatic carbocycles. The van der Waals surface area contributed by atoms with E-state index >= 15 is 0 Å². The molecule has 21 heavy (non-hydrogen) atoms. The zero-order valence-electron chi connectivity index (χ0n) is 12.1. The molecule has 0 spiro atoms. The molecule has 7 heteroatoms. The van der Waals surface area contributed by atoms with Gasteiger partial charge in [0.1, 0.15) is 17.9 Å². The van der Waals surface area contributed by atoms with Crippen LogP contribution in [0.2, 0.25) is 5.02 Å². The number of aliphatic carboxylic acids is 1. The van der Waals surface area contributed by atoms with Crippen molar-refractivity contribution in [2.75, 3.05) is 19.7 Å². The van der Waals surface area contributed by atoms with Crippen LogP contribution in [0.25, 0.3) is 0 Å². The summed E-state index contributed by atoms with van der Waals surface area (Å²) < 4.78 is 7.15. The molecule has 1 fully saturated rings. The van der Waals surface area contributed by atoms with Gasteiger partial charge >= 0.3 is 5.97 Å². The Morgan fingerprint density at radius 3 is 2.71 bits per heavy atom. The fraction of sp³-hybridized carbons (Fsp3) is 0.571. The maximum Gasteiger partial charge on any atom is 0.329 e. The van der Waals surface area contributed by atoms with Crippen LogP contribution in [0.15, 0.2) is 12.3 Å². The maximum atomic E-state index is 12.4. The van der Waals surface area contributed by atoms with E-state index in [1.54, 1.807) is 24.1 Å². The van der Waals surface area contributed by atoms with Gasteiger partial charge in [-0.15, -0.1) is 0 Å². The van der Waals surface area contributed by atoms with Crippen LogP contribution in [-0.4, -0.2) is 51.7 Å². The van der Waals surface area contributed by atoms with Crippen LogP contribution in [0.1, 0.15) is 30.8 Å². The SMILES string of the molecule is CCCn1cc(Cl)cc1C(=O)N1CC(C)(OCC(=O)O)C1. The predicted octanol–water partition coefficient (Wildman–Crippen LogP) is 1.87. The molecular weight excluding hydrogens is 296 g/mol. The Hall–Kier alpha value is -1.53. The summed E-state index contributed by atoms with van der Waals surface area (Å²) in [5.74, 6) is -1.11. The number of carbonyl (C=O) groups is 2. The normalized spacial score (nSPS) is 16.6. The third kappa shape index (κ3) is 3.57. The number of ether oxygens (including phenoxy) is 1. The predicted molar refractivity (Wildman–Crippen MR) is 77.6 cm³/mol. The number of halogens is 1. The molecule has 2 heterocycles. The van der Waals surface area contributed by atoms with Gasteiger partial charge in [-0.1, -0.05) is 18.5 Å². The van der Waals surface area contributed by atoms with Gasteiger partial charge in [0.2, 0.25) is 0 Å². The number of amides is 1. The average Bonchev–Trinajstić information content (AvgIpc) is 2.74. The van der Waals surface area contributed by atoms with Crippen LogP contribution in [0, 0.1) is 0 Å². The Bertz CT molecular complexity index is 549. The zero-order valence-corrected chi connectivity index (χ0v) is 12.9. The van der Waals surface area contributed by atoms with Crippen molar-refractivity contribution in [3.63, 3.8) is 0 Å². The Morgan fingerprint density at radius 2 is 2.14 bits per heavy atom. The first-order valence-electron chi connectivity index (χ1n) is 6.85. The van der Waals surface area contributed by atoms with Gasteiger partial charge in [0.05, 0.1) is 18.1 Å². The van der Waals surface area contributed by atoms with Crippen LogP contribution < -0.4 is 0 Å². The smallest absolute Gasteiger partial charge is 0.329 e. The molecule has 0 radical (unpaired) electrons. The Morgan fingerprint density at radius 1 is 1.48 bits per heavy atom. The number of carboxylic acid groups (broad SMARTS) is 1. The fourth-order valence-corrected chi connectivity index (χ4v) is 2.69. The molecule has 1 N–H and O–H groups in total. The number of likely N-dealkylation sites (tertiary alicyclic amines) is 1. The summed E-state index contributed by atoms with van der Waals surface area (Å²) in [6.07, 6.45) is 2.66. The number of hydrogen-bond donors (Lipinski definition) is 1. The topological polar surface area (TPSA) is 71.8 Å². The van der Waals surface area contributed by atoms with Gasteiger partial charge in [-0.05, 0) is 19.4 Å². The van der Waals surface area contributed by atoms with E-state index in [1.807, 2.05) is 11.5 Å². The Labute approximate surface area is 128 Å². The number of nitrogens with zero attached hydrogens (tertiary/aromatic N) is 2. The molecule has 0 atom stereocenters. The summed E-state index contributed by atoms with van der Waals surface area (Å²) in [7, 11) is 0. The molecule has 2 rings (SSSR count). The summed E-state index contributed by atoms with van der Waals surface area (Å²) in [5, 5.41) is 9.16. The van der Waals surface area contributed by atoms with Crippen LogP contribution in [0.3, 0.4) is 0 Å². The fourth-order valence-electron chi connectivity index (χ4n) is 2.47. The third-order valence-corrected chi connectivity index (χ3v) is 3.64. The molecule has 1 aromatic heterocycles. The minimum atomic E-state index is -1.01. The second-order valence-electron chi connectivity index (χ2n) is 5.53. The van der Waals surface area contributed by atoms with E-state index in [-0.39, 0.29) is 12.5 Å². The molecule has 1 aliphatic heterocycles. The van der Waals surface area contributed by atoms with Crippen LogP contribution in [0.5, 0.6) is 0 Å². The van der Waals surface area contributed by atoms with Gasteiger partial charge in [-0.2, -0.15) is 0 Å². The summed E-state index contributed by atoms with van der Waals surface area (Å²) in [5.41, 5.74) is -0.0258. The second kappa shape index (κ2) is 6.07. The van der Waals surface area contributed by atoms with Crippen molar-refractivity contribution in [3.05, 3.63) is 23.0 Å². The monoisotopic (exact) mass is 314 g/mol. The summed E-state index contributed by atoms with van der Waals surface area (Å²) in [6, 6.07) is 1.66. The molecule has 1 saturated heterocycles. The van der Waals surface area contributed by atoms with Gasteiger partial charge in [0, 0.05) is 12.7 Å². The molecule has 6 nitrogen and oxygen atoms in total. The first kappa shape index (κ1) is 15.9. The lowest BCUT2D eigenvalue weighted by atomic mass is 9.96. The van der Waals surface area contributed by atoms with E-state index < -0.39 is 11.6 Å². The highest BCUT2D eigenvalue weighted by Crippen LogP contribution is 2.27. The van der Waals surface area contributed by atoms with Crippen LogP contribution in [0.4, 0.5) is 0 Å². The summed E-state index contributed by atoms with van der Waals surface area (Å²) in [4.78, 5) is 24.6. The summed E-state index contributed by atoms with van der Waals surface area (Å²) in [6.45, 7) is 4.98. The van der Waals surface area contributed by atoms with E-state index in [2.05, 4.69) is 0 Å². The van der Waals surface area contributed by atoms with Crippen molar-refractivity contribution < 1.29 is 19.4 Å². The van der Waals surface area contributed by atoms with E-state index in [0.717, 1.165) is 13.0 Å². The van der Waals surface area contributed by atoms with Crippen molar-refractivity contribution in [2.24, 2.45) is 0 Å². The third-order valence-electron chi connectivity index (χ3n) is 3.43. The maximum absolute atomic E-state index is 12.4. The van der Waals surface area contributed by atoms with E-state index in [1.165, 1.54) is 0 Å². The minimum Gasteiger partial charge on any atom is -0.480 e. The van der Waals surface area contributed by atoms with Crippen molar-refractivity contribution in [3.8, 4) is 0 Å². The number of carbonyl (C=O) groups excluding carboxylic acids is 1. The zero-order chi connectivity index (χ0) is 15.6. The van der Waals surface area contributed by atoms with Gasteiger partial charge in [-0.25, -0.2) is 4.79 Å². The molecular formula is C14H19ClN2O4. The highest BCUT2D eigenvalue weighted by Gasteiger charge is 2.43. The minimum absolute atomic E-state index is 0.105. The van der Waals surface area contributed by atoms with E-state index in [4.69, 9.17) is 21.4 Å². The number of hydrogen-bond acceptors (Lipinski definition) is 3. The molecule has 1 amide bonds. The first-order chi connectivity index (χ1) is 9.84. The summed E-state index contributed by atoms with van der Waals surface area (Å²) >= 11 is 5.97. The number of carboxylic acids is 1. The molecule has 0 saturated carbocycles. The lowest BCUT2D eigenvalue weighted by Gasteiger charge is -2.47. The standard InChI is InChI=1S/C14H19ClN2O4/c1-3-4-16-6-10(15)5-11(16)13(20)17-8-14(2,9-17)21-7-12(18)19/h5-6H,3-4,7-9H2,1-2H3,(H,18,19). The molecule has 1 aliphatic rings. The largest absolute Gasteiger partial charge is 0.480 e. The highest BCUT2D eigenvalue weighted by atomic mass is 35.5. The highest BCUT2D eigenvalue weighted by molar-refractivity contribution is 6.31. The van der Waals surface area contributed by atoms with Crippen molar-refractivity contribution in [1.29, 1.82) is 0 Å². The van der Waals surface area contributed by atoms with E-state index in [9.17, 15) is 9.59 Å². The molecule has 1 aromatic rings. The van der Waals surface area contributed by atoms with Crippen molar-refractivity contribution >= 4 is 23.5 Å². The Balaban J connectivity index is 1.99. The van der Waals surface area contributed by atoms with Crippen molar-refractivity contribution in [1.82, 2.24) is 9.47 Å². The number of aromatic nitrogens is 1. The van der Waals surface area contributed by atoms with Gasteiger partial charge in [-0.3, -0.25) is 4.79 Å². The molecule has 0 unspecified atom stereocenters. The lowest BCUT2D eigenvalue weighted by molar-refractivity contribution is -0.160. The Kier molecular flexibility index (Phi) is 4.58. The quantitative estimate of drug-likeness (QED) is 0.870. The molecule has 0 bridgehead atoms. The number of aryl methyl sites for hydroxylation is 1. The molecule has 0 aliphatic carbocycles. The van der Waals surface area contributed by atoms with Gasteiger partial charge < -0.3 is 19.3 Å². The second-order valence-corrected chi connectivity index (χ2v) is 5.97. The van der Waals surface area contributed by atoms with E-state index in [0.29, 0.717) is 23.8 Å². The van der Waals surface area contributed by atoms with Gasteiger partial charge in [0.15, 0.2) is 0 Å². The molecule has 116 valence electrons. The number of rotatable bonds is 6. The van der Waals surface area contributed by atoms with Crippen LogP contribution in [-0.2, 0) is 16.1 Å². The van der Waals surface area contributed by atoms with Crippen LogP contribution >= 0.6 is 11.6 Å². The average molecular weight is 315 g/mol. The van der Waals surface area contributed by atoms with Gasteiger partial charge in [0.25, 0.3) is 5.91 Å². The van der Waals surface area contributed by atoms with Crippen molar-refractivity contribution in [2.45, 2.75) is 32.4 Å².